The summed E-state index contributed by atoms with van der Waals surface area (Å²) in [5, 5.41) is 10.1. The molecule has 2 fully saturated rings. The van der Waals surface area contributed by atoms with E-state index >= 15 is 0 Å². The van der Waals surface area contributed by atoms with Gasteiger partial charge in [-0.3, -0.25) is 0 Å². The zero-order valence-electron chi connectivity index (χ0n) is 31.1. The molecule has 0 aromatic heterocycles. The fraction of sp³-hybridized carbons (Fsp3) is 0.310. The van der Waals surface area contributed by atoms with E-state index in [0.29, 0.717) is 16.7 Å². The molecule has 2 heterocycles. The molecule has 0 spiro atoms. The van der Waals surface area contributed by atoms with Crippen LogP contribution in [0.1, 0.15) is 55.3 Å². The maximum Gasteiger partial charge on any atom is 0.360 e. The average Bonchev–Trinajstić information content (AvgIpc) is 3.23. The summed E-state index contributed by atoms with van der Waals surface area (Å²) < 4.78 is 35.7. The molecule has 2 saturated heterocycles. The zero-order chi connectivity index (χ0) is 41.8. The van der Waals surface area contributed by atoms with Gasteiger partial charge < -0.3 is 38.3 Å². The molecule has 58 heavy (non-hydrogen) atoms. The van der Waals surface area contributed by atoms with Gasteiger partial charge >= 0.3 is 29.8 Å². The van der Waals surface area contributed by atoms with E-state index in [-0.39, 0.29) is 24.7 Å². The molecule has 2 aliphatic heterocycles. The first kappa shape index (κ1) is 44.1. The number of aliphatic hydroxyl groups is 1. The van der Waals surface area contributed by atoms with Crippen LogP contribution in [0.3, 0.4) is 0 Å². The molecule has 0 aliphatic carbocycles. The van der Waals surface area contributed by atoms with Crippen molar-refractivity contribution >= 4 is 64.6 Å². The molecule has 4 aromatic rings. The van der Waals surface area contributed by atoms with Crippen molar-refractivity contribution in [2.75, 3.05) is 13.2 Å². The van der Waals surface area contributed by atoms with Crippen LogP contribution in [-0.2, 0) is 38.0 Å². The first-order valence-electron chi connectivity index (χ1n) is 18.0. The molecule has 2 unspecified atom stereocenters. The molecule has 306 valence electrons. The molecule has 0 amide bonds. The minimum Gasteiger partial charge on any atom is -0.454 e. The number of alkyl halides is 3. The molecule has 16 heteroatoms. The lowest BCUT2D eigenvalue weighted by molar-refractivity contribution is -0.249. The highest BCUT2D eigenvalue weighted by atomic mass is 35.6. The van der Waals surface area contributed by atoms with Gasteiger partial charge in [0.2, 0.25) is 12.4 Å². The summed E-state index contributed by atoms with van der Waals surface area (Å²) in [6.07, 6.45) is -7.08. The summed E-state index contributed by atoms with van der Waals surface area (Å²) in [4.78, 5) is 62.2. The molecule has 6 rings (SSSR count). The van der Waals surface area contributed by atoms with Crippen LogP contribution in [0.25, 0.3) is 0 Å². The Kier molecular flexibility index (Phi) is 15.7. The van der Waals surface area contributed by atoms with Crippen LogP contribution >= 0.6 is 34.8 Å². The second-order valence-corrected chi connectivity index (χ2v) is 15.5. The van der Waals surface area contributed by atoms with Gasteiger partial charge in [-0.15, -0.1) is 0 Å². The van der Waals surface area contributed by atoms with Crippen molar-refractivity contribution in [3.05, 3.63) is 144 Å². The molecule has 2 aliphatic rings. The summed E-state index contributed by atoms with van der Waals surface area (Å²) in [6.45, 7) is 3.76. The highest BCUT2D eigenvalue weighted by Gasteiger charge is 2.48. The van der Waals surface area contributed by atoms with E-state index in [4.69, 9.17) is 68.0 Å². The molecule has 0 saturated carbocycles. The lowest BCUT2D eigenvalue weighted by Gasteiger charge is -2.39. The van der Waals surface area contributed by atoms with Crippen LogP contribution < -0.4 is 0 Å². The van der Waals surface area contributed by atoms with Crippen molar-refractivity contribution in [3.63, 3.8) is 0 Å². The fourth-order valence-corrected chi connectivity index (χ4v) is 5.93. The third-order valence-corrected chi connectivity index (χ3v) is 9.30. The van der Waals surface area contributed by atoms with Crippen molar-refractivity contribution in [3.8, 4) is 0 Å². The monoisotopic (exact) mass is 856 g/mol. The van der Waals surface area contributed by atoms with Crippen molar-refractivity contribution in [2.45, 2.75) is 54.6 Å². The third-order valence-electron chi connectivity index (χ3n) is 8.84. The Morgan fingerprint density at radius 1 is 0.500 bits per heavy atom. The number of benzene rings is 4. The Morgan fingerprint density at radius 3 is 1.17 bits per heavy atom. The number of hydrogen-bond acceptors (Lipinski definition) is 13. The van der Waals surface area contributed by atoms with Crippen LogP contribution in [-0.4, -0.2) is 89.0 Å². The lowest BCUT2D eigenvalue weighted by Crippen LogP contribution is -2.55. The number of esters is 5. The summed E-state index contributed by atoms with van der Waals surface area (Å²) in [5.41, 5.74) is 1.26. The largest absolute Gasteiger partial charge is 0.454 e. The zero-order valence-corrected chi connectivity index (χ0v) is 33.3. The highest BCUT2D eigenvalue weighted by molar-refractivity contribution is 6.75. The molecular weight excluding hydrogens is 819 g/mol. The van der Waals surface area contributed by atoms with Crippen LogP contribution in [0, 0.1) is 11.8 Å². The van der Waals surface area contributed by atoms with Gasteiger partial charge in [0, 0.05) is 11.8 Å². The first-order valence-corrected chi connectivity index (χ1v) is 19.1. The minimum atomic E-state index is -2.38. The van der Waals surface area contributed by atoms with E-state index < -0.39 is 76.6 Å². The summed E-state index contributed by atoms with van der Waals surface area (Å²) in [7, 11) is 0. The number of carbonyl (C=O) groups is 5. The summed E-state index contributed by atoms with van der Waals surface area (Å²) in [5.74, 6) is -4.42. The normalized spacial score (nSPS) is 24.1. The predicted octanol–water partition coefficient (Wildman–Crippen LogP) is 6.77. The molecule has 13 nitrogen and oxygen atoms in total. The molecule has 4 aromatic carbocycles. The Balaban J connectivity index is 0.000000226. The van der Waals surface area contributed by atoms with Gasteiger partial charge in [0.25, 0.3) is 3.79 Å². The standard InChI is InChI=1S/C22H19Cl3O7.C20H20O6/c1-13-12-29-20(32-21(28)22(23,24)25)17(31-19(27)15-10-6-3-7-11-15)16(13)30-18(26)14-8-4-2-5-9-14;1-13-12-24-20(23)17(26-19(22)15-10-6-3-7-11-15)16(13)25-18(21)14-8-4-2-5-9-14/h2-11,13,16-17,20H,12H2,1H3;2-11,13,16-17,20,23H,12H2,1H3/t13-,16+,17?,20-;13-,16+,17?,20+/m00/s1. The number of rotatable bonds is 9. The van der Waals surface area contributed by atoms with Crippen molar-refractivity contribution in [1.29, 1.82) is 0 Å². The van der Waals surface area contributed by atoms with Gasteiger partial charge in [0.05, 0.1) is 35.5 Å². The Morgan fingerprint density at radius 2 is 0.810 bits per heavy atom. The molecule has 0 bridgehead atoms. The molecule has 1 N–H and O–H groups in total. The Labute approximate surface area is 348 Å². The first-order chi connectivity index (χ1) is 27.7. The lowest BCUT2D eigenvalue weighted by atomic mass is 9.96. The second-order valence-electron chi connectivity index (χ2n) is 13.2. The smallest absolute Gasteiger partial charge is 0.360 e. The van der Waals surface area contributed by atoms with E-state index in [1.807, 2.05) is 0 Å². The minimum absolute atomic E-state index is 0.0317. The van der Waals surface area contributed by atoms with Crippen molar-refractivity contribution < 1.29 is 62.2 Å². The van der Waals surface area contributed by atoms with Gasteiger partial charge in [0.15, 0.2) is 12.4 Å². The van der Waals surface area contributed by atoms with Gasteiger partial charge in [-0.2, -0.15) is 0 Å². The highest BCUT2D eigenvalue weighted by Crippen LogP contribution is 2.33. The van der Waals surface area contributed by atoms with Gasteiger partial charge in [-0.25, -0.2) is 24.0 Å². The Hall–Kier alpha value is -5.02. The van der Waals surface area contributed by atoms with Crippen LogP contribution in [0.2, 0.25) is 0 Å². The van der Waals surface area contributed by atoms with E-state index in [0.717, 1.165) is 0 Å². The van der Waals surface area contributed by atoms with Crippen molar-refractivity contribution in [2.24, 2.45) is 11.8 Å². The summed E-state index contributed by atoms with van der Waals surface area (Å²) >= 11 is 16.8. The molecular formula is C42H39Cl3O13. The van der Waals surface area contributed by atoms with Crippen LogP contribution in [0.4, 0.5) is 0 Å². The number of carbonyl (C=O) groups excluding carboxylic acids is 5. The summed E-state index contributed by atoms with van der Waals surface area (Å²) in [6, 6.07) is 33.3. The fourth-order valence-electron chi connectivity index (χ4n) is 5.79. The van der Waals surface area contributed by atoms with E-state index in [1.54, 1.807) is 135 Å². The quantitative estimate of drug-likeness (QED) is 0.106. The molecule has 8 atom stereocenters. The number of ether oxygens (including phenoxy) is 7. The van der Waals surface area contributed by atoms with Crippen molar-refractivity contribution in [1.82, 2.24) is 0 Å². The number of halogens is 3. The van der Waals surface area contributed by atoms with Gasteiger partial charge in [-0.05, 0) is 48.5 Å². The predicted molar refractivity (Wildman–Crippen MR) is 209 cm³/mol. The van der Waals surface area contributed by atoms with Crippen LogP contribution in [0.15, 0.2) is 121 Å². The SMILES string of the molecule is C[C@H]1CO[C@@H](O)C(OC(=O)c2ccccc2)[C@@H]1OC(=O)c1ccccc1.C[C@H]1CO[C@@H](OC(=O)C(Cl)(Cl)Cl)C(OC(=O)c2ccccc2)[C@@H]1OC(=O)c1ccccc1. The average molecular weight is 858 g/mol. The maximum atomic E-state index is 12.7. The third kappa shape index (κ3) is 12.0. The molecule has 0 radical (unpaired) electrons. The van der Waals surface area contributed by atoms with Crippen LogP contribution in [0.5, 0.6) is 0 Å². The number of aliphatic hydroxyl groups excluding tert-OH is 1. The maximum absolute atomic E-state index is 12.7. The van der Waals surface area contributed by atoms with E-state index in [2.05, 4.69) is 0 Å². The van der Waals surface area contributed by atoms with Gasteiger partial charge in [0.1, 0.15) is 12.2 Å². The Bertz CT molecular complexity index is 1920. The number of hydrogen-bond donors (Lipinski definition) is 1. The van der Waals surface area contributed by atoms with Gasteiger partial charge in [-0.1, -0.05) is 121 Å². The second kappa shape index (κ2) is 20.6. The van der Waals surface area contributed by atoms with E-state index in [9.17, 15) is 29.1 Å². The van der Waals surface area contributed by atoms with E-state index in [1.165, 1.54) is 0 Å². The topological polar surface area (TPSA) is 170 Å².